The average molecular weight is 251 g/mol. The Labute approximate surface area is 108 Å². The number of aliphatic hydroxyl groups excluding tert-OH is 1. The van der Waals surface area contributed by atoms with Gasteiger partial charge >= 0.3 is 0 Å². The lowest BCUT2D eigenvalue weighted by Gasteiger charge is -2.22. The molecule has 2 rings (SSSR count). The monoisotopic (exact) mass is 251 g/mol. The molecule has 0 fully saturated rings. The lowest BCUT2D eigenvalue weighted by atomic mass is 10.1. The Morgan fingerprint density at radius 3 is 2.67 bits per heavy atom. The lowest BCUT2D eigenvalue weighted by molar-refractivity contribution is 0.121. The van der Waals surface area contributed by atoms with Gasteiger partial charge in [-0.3, -0.25) is 0 Å². The molecule has 4 nitrogen and oxygen atoms in total. The van der Waals surface area contributed by atoms with Gasteiger partial charge in [0.25, 0.3) is 0 Å². The van der Waals surface area contributed by atoms with Crippen molar-refractivity contribution >= 4 is 0 Å². The first-order valence-electron chi connectivity index (χ1n) is 6.32. The number of hydrogen-bond acceptors (Lipinski definition) is 4. The Kier molecular flexibility index (Phi) is 4.09. The summed E-state index contributed by atoms with van der Waals surface area (Å²) < 4.78 is 10.6. The summed E-state index contributed by atoms with van der Waals surface area (Å²) in [6, 6.07) is 5.60. The zero-order valence-corrected chi connectivity index (χ0v) is 11.2. The molecule has 100 valence electrons. The predicted octanol–water partition coefficient (Wildman–Crippen LogP) is 2.04. The van der Waals surface area contributed by atoms with Crippen LogP contribution in [0.4, 0.5) is 0 Å². The van der Waals surface area contributed by atoms with Gasteiger partial charge in [-0.05, 0) is 30.7 Å². The van der Waals surface area contributed by atoms with Crippen molar-refractivity contribution in [3.8, 4) is 11.5 Å². The van der Waals surface area contributed by atoms with Crippen LogP contribution in [0.5, 0.6) is 11.5 Å². The van der Waals surface area contributed by atoms with Crippen molar-refractivity contribution in [1.82, 2.24) is 4.90 Å². The van der Waals surface area contributed by atoms with E-state index in [1.165, 1.54) is 0 Å². The third-order valence-electron chi connectivity index (χ3n) is 2.94. The van der Waals surface area contributed by atoms with E-state index in [9.17, 15) is 5.11 Å². The predicted molar refractivity (Wildman–Crippen MR) is 69.9 cm³/mol. The van der Waals surface area contributed by atoms with Gasteiger partial charge < -0.3 is 19.5 Å². The molecule has 1 heterocycles. The standard InChI is InChI=1S/C14H21NO3/c1-10(2)7-15(3)8-12(16)11-4-5-13-14(6-11)18-9-17-13/h4-6,10,12,16H,7-9H2,1-3H3. The van der Waals surface area contributed by atoms with Crippen LogP contribution in [0.2, 0.25) is 0 Å². The Balaban J connectivity index is 1.98. The largest absolute Gasteiger partial charge is 0.454 e. The van der Waals surface area contributed by atoms with Crippen molar-refractivity contribution in [1.29, 1.82) is 0 Å². The van der Waals surface area contributed by atoms with Gasteiger partial charge in [-0.2, -0.15) is 0 Å². The molecular weight excluding hydrogens is 230 g/mol. The lowest BCUT2D eigenvalue weighted by Crippen LogP contribution is -2.28. The van der Waals surface area contributed by atoms with Gasteiger partial charge in [0, 0.05) is 13.1 Å². The maximum absolute atomic E-state index is 10.2. The first-order valence-corrected chi connectivity index (χ1v) is 6.32. The number of hydrogen-bond donors (Lipinski definition) is 1. The van der Waals surface area contributed by atoms with E-state index in [2.05, 4.69) is 18.7 Å². The number of aliphatic hydroxyl groups is 1. The third-order valence-corrected chi connectivity index (χ3v) is 2.94. The maximum Gasteiger partial charge on any atom is 0.231 e. The molecule has 0 aliphatic carbocycles. The molecule has 0 radical (unpaired) electrons. The molecule has 1 unspecified atom stereocenters. The van der Waals surface area contributed by atoms with Crippen LogP contribution in [-0.4, -0.2) is 36.9 Å². The van der Waals surface area contributed by atoms with Crippen molar-refractivity contribution in [2.75, 3.05) is 26.9 Å². The molecule has 4 heteroatoms. The summed E-state index contributed by atoms with van der Waals surface area (Å²) >= 11 is 0. The molecule has 0 saturated heterocycles. The summed E-state index contributed by atoms with van der Waals surface area (Å²) in [4.78, 5) is 2.14. The highest BCUT2D eigenvalue weighted by molar-refractivity contribution is 5.45. The number of rotatable bonds is 5. The summed E-state index contributed by atoms with van der Waals surface area (Å²) in [7, 11) is 2.02. The van der Waals surface area contributed by atoms with Gasteiger partial charge in [-0.15, -0.1) is 0 Å². The maximum atomic E-state index is 10.2. The van der Waals surface area contributed by atoms with E-state index in [0.717, 1.165) is 23.6 Å². The zero-order valence-electron chi connectivity index (χ0n) is 11.2. The second-order valence-electron chi connectivity index (χ2n) is 5.24. The molecule has 0 saturated carbocycles. The van der Waals surface area contributed by atoms with Gasteiger partial charge in [-0.25, -0.2) is 0 Å². The molecular formula is C14H21NO3. The quantitative estimate of drug-likeness (QED) is 0.869. The van der Waals surface area contributed by atoms with Crippen molar-refractivity contribution < 1.29 is 14.6 Å². The fourth-order valence-electron chi connectivity index (χ4n) is 2.22. The zero-order chi connectivity index (χ0) is 13.1. The Hall–Kier alpha value is -1.26. The Bertz CT molecular complexity index is 406. The fourth-order valence-corrected chi connectivity index (χ4v) is 2.22. The Morgan fingerprint density at radius 2 is 1.94 bits per heavy atom. The highest BCUT2D eigenvalue weighted by Gasteiger charge is 2.17. The summed E-state index contributed by atoms with van der Waals surface area (Å²) in [5, 5.41) is 10.2. The molecule has 18 heavy (non-hydrogen) atoms. The van der Waals surface area contributed by atoms with E-state index < -0.39 is 6.10 Å². The molecule has 0 spiro atoms. The molecule has 1 atom stereocenters. The van der Waals surface area contributed by atoms with Gasteiger partial charge in [0.15, 0.2) is 11.5 Å². The second-order valence-corrected chi connectivity index (χ2v) is 5.24. The third kappa shape index (κ3) is 3.15. The number of fused-ring (bicyclic) bond motifs is 1. The molecule has 0 aromatic heterocycles. The van der Waals surface area contributed by atoms with Crippen molar-refractivity contribution in [2.24, 2.45) is 5.92 Å². The number of ether oxygens (including phenoxy) is 2. The molecule has 1 aliphatic heterocycles. The second kappa shape index (κ2) is 5.59. The number of likely N-dealkylation sites (N-methyl/N-ethyl adjacent to an activating group) is 1. The topological polar surface area (TPSA) is 41.9 Å². The van der Waals surface area contributed by atoms with E-state index in [-0.39, 0.29) is 6.79 Å². The van der Waals surface area contributed by atoms with Gasteiger partial charge in [0.05, 0.1) is 6.10 Å². The van der Waals surface area contributed by atoms with Crippen molar-refractivity contribution in [3.63, 3.8) is 0 Å². The normalized spacial score (nSPS) is 15.4. The molecule has 1 aromatic carbocycles. The van der Waals surface area contributed by atoms with E-state index in [4.69, 9.17) is 9.47 Å². The van der Waals surface area contributed by atoms with E-state index in [1.54, 1.807) is 0 Å². The molecule has 0 bridgehead atoms. The van der Waals surface area contributed by atoms with Crippen LogP contribution in [0.25, 0.3) is 0 Å². The van der Waals surface area contributed by atoms with Crippen molar-refractivity contribution in [2.45, 2.75) is 20.0 Å². The summed E-state index contributed by atoms with van der Waals surface area (Å²) in [6.07, 6.45) is -0.497. The SMILES string of the molecule is CC(C)CN(C)CC(O)c1ccc2c(c1)OCO2. The van der Waals surface area contributed by atoms with Gasteiger partial charge in [0.2, 0.25) is 6.79 Å². The van der Waals surface area contributed by atoms with E-state index in [0.29, 0.717) is 12.5 Å². The average Bonchev–Trinajstić information content (AvgIpc) is 2.74. The van der Waals surface area contributed by atoms with Gasteiger partial charge in [0.1, 0.15) is 0 Å². The summed E-state index contributed by atoms with van der Waals surface area (Å²) in [6.45, 7) is 6.20. The van der Waals surface area contributed by atoms with Crippen LogP contribution in [-0.2, 0) is 0 Å². The van der Waals surface area contributed by atoms with E-state index >= 15 is 0 Å². The minimum atomic E-state index is -0.497. The summed E-state index contributed by atoms with van der Waals surface area (Å²) in [5.41, 5.74) is 0.870. The molecule has 1 aromatic rings. The van der Waals surface area contributed by atoms with Crippen LogP contribution in [0.1, 0.15) is 25.5 Å². The van der Waals surface area contributed by atoms with Crippen LogP contribution < -0.4 is 9.47 Å². The molecule has 1 N–H and O–H groups in total. The smallest absolute Gasteiger partial charge is 0.231 e. The van der Waals surface area contributed by atoms with Crippen molar-refractivity contribution in [3.05, 3.63) is 23.8 Å². The summed E-state index contributed by atoms with van der Waals surface area (Å²) in [5.74, 6) is 2.07. The first kappa shape index (κ1) is 13.2. The first-order chi connectivity index (χ1) is 8.56. The molecule has 0 amide bonds. The fraction of sp³-hybridized carbons (Fsp3) is 0.571. The van der Waals surface area contributed by atoms with Crippen LogP contribution in [0.15, 0.2) is 18.2 Å². The Morgan fingerprint density at radius 1 is 1.22 bits per heavy atom. The number of benzene rings is 1. The highest BCUT2D eigenvalue weighted by Crippen LogP contribution is 2.34. The van der Waals surface area contributed by atoms with Crippen LogP contribution >= 0.6 is 0 Å². The molecule has 1 aliphatic rings. The van der Waals surface area contributed by atoms with E-state index in [1.807, 2.05) is 25.2 Å². The van der Waals surface area contributed by atoms with Gasteiger partial charge in [-0.1, -0.05) is 19.9 Å². The van der Waals surface area contributed by atoms with Crippen LogP contribution in [0.3, 0.4) is 0 Å². The highest BCUT2D eigenvalue weighted by atomic mass is 16.7. The minimum absolute atomic E-state index is 0.266. The minimum Gasteiger partial charge on any atom is -0.454 e. The number of nitrogens with zero attached hydrogens (tertiary/aromatic N) is 1. The van der Waals surface area contributed by atoms with Crippen LogP contribution in [0, 0.1) is 5.92 Å².